The van der Waals surface area contributed by atoms with Crippen LogP contribution >= 0.6 is 0 Å². The van der Waals surface area contributed by atoms with Crippen LogP contribution in [0.15, 0.2) is 18.2 Å². The average Bonchev–Trinajstić information content (AvgIpc) is 2.92. The summed E-state index contributed by atoms with van der Waals surface area (Å²) in [7, 11) is 2.07. The molecule has 0 spiro atoms. The lowest BCUT2D eigenvalue weighted by Gasteiger charge is -2.32. The Labute approximate surface area is 148 Å². The van der Waals surface area contributed by atoms with E-state index in [1.54, 1.807) is 4.90 Å². The summed E-state index contributed by atoms with van der Waals surface area (Å²) in [5.74, 6) is 0.0492. The standard InChI is InChI=1S/C18H27N5O2/c1-13-4-5-16(10-14(13)2)23-12-15(11-17(23)24)19-18(25)20-22-8-6-21(3)7-9-22/h4-5,10,15H,6-9,11-12H2,1-3H3,(H2,19,20,25). The fourth-order valence-corrected chi connectivity index (χ4v) is 3.23. The minimum atomic E-state index is -0.232. The van der Waals surface area contributed by atoms with Crippen molar-refractivity contribution >= 4 is 17.6 Å². The van der Waals surface area contributed by atoms with Crippen molar-refractivity contribution in [3.63, 3.8) is 0 Å². The predicted molar refractivity (Wildman–Crippen MR) is 97.4 cm³/mol. The van der Waals surface area contributed by atoms with Gasteiger partial charge in [0.1, 0.15) is 0 Å². The number of benzene rings is 1. The lowest BCUT2D eigenvalue weighted by molar-refractivity contribution is -0.117. The summed E-state index contributed by atoms with van der Waals surface area (Å²) in [4.78, 5) is 28.5. The Morgan fingerprint density at radius 1 is 1.12 bits per heavy atom. The minimum absolute atomic E-state index is 0.0492. The van der Waals surface area contributed by atoms with Gasteiger partial charge in [-0.2, -0.15) is 0 Å². The van der Waals surface area contributed by atoms with E-state index < -0.39 is 0 Å². The molecule has 3 rings (SSSR count). The van der Waals surface area contributed by atoms with Crippen LogP contribution < -0.4 is 15.6 Å². The van der Waals surface area contributed by atoms with Crippen LogP contribution in [-0.4, -0.2) is 67.7 Å². The molecule has 2 saturated heterocycles. The number of aryl methyl sites for hydroxylation is 2. The predicted octanol–water partition coefficient (Wildman–Crippen LogP) is 0.870. The van der Waals surface area contributed by atoms with Gasteiger partial charge in [-0.25, -0.2) is 9.80 Å². The molecule has 25 heavy (non-hydrogen) atoms. The number of piperazine rings is 1. The number of nitrogens with zero attached hydrogens (tertiary/aromatic N) is 3. The van der Waals surface area contributed by atoms with E-state index in [1.807, 2.05) is 30.1 Å². The third-order valence-electron chi connectivity index (χ3n) is 5.03. The molecule has 136 valence electrons. The van der Waals surface area contributed by atoms with Gasteiger partial charge >= 0.3 is 6.03 Å². The fourth-order valence-electron chi connectivity index (χ4n) is 3.23. The first kappa shape index (κ1) is 17.7. The molecule has 0 aromatic heterocycles. The Hall–Kier alpha value is -2.12. The second kappa shape index (κ2) is 7.41. The van der Waals surface area contributed by atoms with Crippen molar-refractivity contribution in [3.05, 3.63) is 29.3 Å². The maximum atomic E-state index is 12.3. The number of carbonyl (C=O) groups excluding carboxylic acids is 2. The van der Waals surface area contributed by atoms with Crippen LogP contribution in [0.5, 0.6) is 0 Å². The maximum Gasteiger partial charge on any atom is 0.329 e. The van der Waals surface area contributed by atoms with E-state index in [4.69, 9.17) is 0 Å². The highest BCUT2D eigenvalue weighted by molar-refractivity contribution is 5.96. The van der Waals surface area contributed by atoms with Crippen molar-refractivity contribution < 1.29 is 9.59 Å². The monoisotopic (exact) mass is 345 g/mol. The molecule has 0 bridgehead atoms. The highest BCUT2D eigenvalue weighted by Gasteiger charge is 2.32. The van der Waals surface area contributed by atoms with E-state index >= 15 is 0 Å². The molecule has 2 fully saturated rings. The summed E-state index contributed by atoms with van der Waals surface area (Å²) >= 11 is 0. The Kier molecular flexibility index (Phi) is 5.24. The van der Waals surface area contributed by atoms with Gasteiger partial charge in [-0.15, -0.1) is 0 Å². The zero-order valence-electron chi connectivity index (χ0n) is 15.2. The zero-order chi connectivity index (χ0) is 18.0. The van der Waals surface area contributed by atoms with Crippen molar-refractivity contribution in [1.82, 2.24) is 20.7 Å². The van der Waals surface area contributed by atoms with E-state index in [2.05, 4.69) is 29.6 Å². The number of amides is 3. The van der Waals surface area contributed by atoms with E-state index in [9.17, 15) is 9.59 Å². The summed E-state index contributed by atoms with van der Waals surface area (Å²) in [6.07, 6.45) is 0.336. The molecule has 2 heterocycles. The topological polar surface area (TPSA) is 67.9 Å². The first-order chi connectivity index (χ1) is 11.9. The van der Waals surface area contributed by atoms with Crippen LogP contribution in [0.4, 0.5) is 10.5 Å². The molecule has 1 aromatic carbocycles. The van der Waals surface area contributed by atoms with Gasteiger partial charge in [-0.1, -0.05) is 6.07 Å². The van der Waals surface area contributed by atoms with Crippen LogP contribution in [0.3, 0.4) is 0 Å². The number of likely N-dealkylation sites (N-methyl/N-ethyl adjacent to an activating group) is 1. The van der Waals surface area contributed by atoms with E-state index in [0.717, 1.165) is 37.4 Å². The fraction of sp³-hybridized carbons (Fsp3) is 0.556. The molecule has 0 saturated carbocycles. The summed E-state index contributed by atoms with van der Waals surface area (Å²) in [5.41, 5.74) is 6.15. The van der Waals surface area contributed by atoms with Crippen LogP contribution in [-0.2, 0) is 4.79 Å². The molecule has 7 heteroatoms. The zero-order valence-corrected chi connectivity index (χ0v) is 15.2. The number of anilines is 1. The van der Waals surface area contributed by atoms with Gasteiger partial charge in [-0.05, 0) is 44.2 Å². The van der Waals surface area contributed by atoms with Crippen molar-refractivity contribution in [2.24, 2.45) is 0 Å². The van der Waals surface area contributed by atoms with E-state index in [1.165, 1.54) is 5.56 Å². The van der Waals surface area contributed by atoms with Crippen molar-refractivity contribution in [1.29, 1.82) is 0 Å². The molecular weight excluding hydrogens is 318 g/mol. The third kappa shape index (κ3) is 4.29. The molecule has 0 aliphatic carbocycles. The maximum absolute atomic E-state index is 12.3. The van der Waals surface area contributed by atoms with Gasteiger partial charge in [0.2, 0.25) is 5.91 Å². The molecule has 0 radical (unpaired) electrons. The van der Waals surface area contributed by atoms with Gasteiger partial charge < -0.3 is 15.1 Å². The average molecular weight is 345 g/mol. The number of hydrogen-bond acceptors (Lipinski definition) is 4. The molecule has 1 unspecified atom stereocenters. The molecule has 2 aliphatic rings. The van der Waals surface area contributed by atoms with Crippen molar-refractivity contribution in [3.8, 4) is 0 Å². The smallest absolute Gasteiger partial charge is 0.329 e. The van der Waals surface area contributed by atoms with Crippen LogP contribution in [0, 0.1) is 13.8 Å². The first-order valence-electron chi connectivity index (χ1n) is 8.80. The Morgan fingerprint density at radius 3 is 2.52 bits per heavy atom. The highest BCUT2D eigenvalue weighted by atomic mass is 16.2. The van der Waals surface area contributed by atoms with Crippen LogP contribution in [0.1, 0.15) is 17.5 Å². The van der Waals surface area contributed by atoms with E-state index in [0.29, 0.717) is 13.0 Å². The second-order valence-corrected chi connectivity index (χ2v) is 7.05. The normalized spacial score (nSPS) is 22.3. The molecule has 7 nitrogen and oxygen atoms in total. The Bertz CT molecular complexity index is 655. The van der Waals surface area contributed by atoms with Crippen LogP contribution in [0.25, 0.3) is 0 Å². The number of carbonyl (C=O) groups is 2. The van der Waals surface area contributed by atoms with Gasteiger partial charge in [0.15, 0.2) is 0 Å². The summed E-state index contributed by atoms with van der Waals surface area (Å²) in [5, 5.41) is 4.85. The molecule has 1 atom stereocenters. The number of hydrazine groups is 1. The lowest BCUT2D eigenvalue weighted by Crippen LogP contribution is -2.56. The minimum Gasteiger partial charge on any atom is -0.332 e. The second-order valence-electron chi connectivity index (χ2n) is 7.05. The number of urea groups is 1. The number of hydrogen-bond donors (Lipinski definition) is 2. The summed E-state index contributed by atoms with van der Waals surface area (Å²) in [6.45, 7) is 8.09. The Morgan fingerprint density at radius 2 is 1.84 bits per heavy atom. The summed E-state index contributed by atoms with van der Waals surface area (Å²) < 4.78 is 0. The quantitative estimate of drug-likeness (QED) is 0.853. The molecule has 1 aromatic rings. The highest BCUT2D eigenvalue weighted by Crippen LogP contribution is 2.24. The van der Waals surface area contributed by atoms with E-state index in [-0.39, 0.29) is 18.0 Å². The number of nitrogens with one attached hydrogen (secondary N) is 2. The summed E-state index contributed by atoms with van der Waals surface area (Å²) in [6, 6.07) is 5.62. The lowest BCUT2D eigenvalue weighted by atomic mass is 10.1. The number of rotatable bonds is 3. The SMILES string of the molecule is Cc1ccc(N2CC(NC(=O)NN3CCN(C)CC3)CC2=O)cc1C. The van der Waals surface area contributed by atoms with Gasteiger partial charge in [0.05, 0.1) is 6.04 Å². The Balaban J connectivity index is 1.53. The molecule has 2 aliphatic heterocycles. The largest absolute Gasteiger partial charge is 0.332 e. The van der Waals surface area contributed by atoms with Crippen LogP contribution in [0.2, 0.25) is 0 Å². The van der Waals surface area contributed by atoms with Crippen molar-refractivity contribution in [2.75, 3.05) is 44.7 Å². The van der Waals surface area contributed by atoms with Gasteiger partial charge in [-0.3, -0.25) is 10.2 Å². The van der Waals surface area contributed by atoms with Gasteiger partial charge in [0, 0.05) is 44.8 Å². The molecular formula is C18H27N5O2. The molecule has 3 amide bonds. The van der Waals surface area contributed by atoms with Gasteiger partial charge in [0.25, 0.3) is 0 Å². The molecule has 2 N–H and O–H groups in total. The van der Waals surface area contributed by atoms with Crippen molar-refractivity contribution in [2.45, 2.75) is 26.3 Å². The third-order valence-corrected chi connectivity index (χ3v) is 5.03. The first-order valence-corrected chi connectivity index (χ1v) is 8.80.